The maximum Gasteiger partial charge on any atom is 0.416 e. The SMILES string of the molecule is O=C(C=CC(=O)N1CCC(N2Cc3ccccc3NC2=O)CC1)c1ccc(C(F)(F)F)cc1. The second kappa shape index (κ2) is 9.09. The summed E-state index contributed by atoms with van der Waals surface area (Å²) in [4.78, 5) is 40.5. The summed E-state index contributed by atoms with van der Waals surface area (Å²) in [6.07, 6.45) is -1.03. The number of amides is 3. The number of ketones is 1. The monoisotopic (exact) mass is 457 g/mol. The first-order valence-electron chi connectivity index (χ1n) is 10.6. The van der Waals surface area contributed by atoms with E-state index in [0.717, 1.165) is 47.7 Å². The lowest BCUT2D eigenvalue weighted by Gasteiger charge is -2.40. The van der Waals surface area contributed by atoms with Crippen molar-refractivity contribution in [3.05, 3.63) is 77.4 Å². The summed E-state index contributed by atoms with van der Waals surface area (Å²) in [5.74, 6) is -0.891. The maximum absolute atomic E-state index is 12.6. The van der Waals surface area contributed by atoms with Crippen molar-refractivity contribution in [1.29, 1.82) is 0 Å². The molecular formula is C24H22F3N3O3. The molecule has 172 valence electrons. The predicted molar refractivity (Wildman–Crippen MR) is 116 cm³/mol. The lowest BCUT2D eigenvalue weighted by atomic mass is 10.0. The van der Waals surface area contributed by atoms with E-state index < -0.39 is 17.5 Å². The minimum absolute atomic E-state index is 0.000153. The Morgan fingerprint density at radius 3 is 2.30 bits per heavy atom. The summed E-state index contributed by atoms with van der Waals surface area (Å²) in [5, 5.41) is 2.90. The Kier molecular flexibility index (Phi) is 6.22. The number of fused-ring (bicyclic) bond motifs is 1. The molecule has 4 rings (SSSR count). The van der Waals surface area contributed by atoms with Gasteiger partial charge in [-0.15, -0.1) is 0 Å². The van der Waals surface area contributed by atoms with E-state index in [1.54, 1.807) is 9.80 Å². The Balaban J connectivity index is 1.31. The summed E-state index contributed by atoms with van der Waals surface area (Å²) in [7, 11) is 0. The fourth-order valence-corrected chi connectivity index (χ4v) is 4.09. The molecule has 2 aromatic rings. The fraction of sp³-hybridized carbons (Fsp3) is 0.292. The van der Waals surface area contributed by atoms with E-state index in [-0.39, 0.29) is 23.5 Å². The second-order valence-electron chi connectivity index (χ2n) is 8.04. The Morgan fingerprint density at radius 1 is 0.970 bits per heavy atom. The first-order valence-corrected chi connectivity index (χ1v) is 10.6. The largest absolute Gasteiger partial charge is 0.416 e. The molecule has 0 aromatic heterocycles. The zero-order valence-corrected chi connectivity index (χ0v) is 17.6. The van der Waals surface area contributed by atoms with Crippen LogP contribution in [0.2, 0.25) is 0 Å². The number of rotatable bonds is 4. The van der Waals surface area contributed by atoms with Gasteiger partial charge in [0.25, 0.3) is 0 Å². The Bertz CT molecular complexity index is 1090. The summed E-state index contributed by atoms with van der Waals surface area (Å²) in [5.41, 5.74) is 1.09. The number of hydrogen-bond donors (Lipinski definition) is 1. The molecule has 6 nitrogen and oxygen atoms in total. The molecule has 0 radical (unpaired) electrons. The molecule has 1 N–H and O–H groups in total. The van der Waals surface area contributed by atoms with Crippen molar-refractivity contribution in [2.24, 2.45) is 0 Å². The van der Waals surface area contributed by atoms with Crippen LogP contribution in [-0.4, -0.2) is 46.7 Å². The normalized spacial score (nSPS) is 17.1. The molecule has 9 heteroatoms. The predicted octanol–water partition coefficient (Wildman–Crippen LogP) is 4.48. The van der Waals surface area contributed by atoms with E-state index in [1.165, 1.54) is 0 Å². The number of carbonyl (C=O) groups is 3. The minimum Gasteiger partial charge on any atom is -0.339 e. The van der Waals surface area contributed by atoms with Gasteiger partial charge in [-0.05, 0) is 42.7 Å². The van der Waals surface area contributed by atoms with Crippen LogP contribution in [0, 0.1) is 0 Å². The number of carbonyl (C=O) groups excluding carboxylic acids is 3. The fourth-order valence-electron chi connectivity index (χ4n) is 4.09. The van der Waals surface area contributed by atoms with Crippen LogP contribution in [0.3, 0.4) is 0 Å². The van der Waals surface area contributed by atoms with Crippen LogP contribution in [0.1, 0.15) is 34.3 Å². The van der Waals surface area contributed by atoms with Gasteiger partial charge in [0.1, 0.15) is 0 Å². The van der Waals surface area contributed by atoms with E-state index in [4.69, 9.17) is 0 Å². The molecule has 0 atom stereocenters. The van der Waals surface area contributed by atoms with Crippen molar-refractivity contribution in [1.82, 2.24) is 9.80 Å². The third kappa shape index (κ3) is 5.08. The van der Waals surface area contributed by atoms with Gasteiger partial charge in [0, 0.05) is 43.0 Å². The lowest BCUT2D eigenvalue weighted by Crippen LogP contribution is -2.50. The molecule has 0 aliphatic carbocycles. The number of allylic oxidation sites excluding steroid dienone is 1. The first kappa shape index (κ1) is 22.6. The minimum atomic E-state index is -4.47. The highest BCUT2D eigenvalue weighted by Crippen LogP contribution is 2.29. The summed E-state index contributed by atoms with van der Waals surface area (Å²) in [6.45, 7) is 1.39. The number of likely N-dealkylation sites (tertiary alicyclic amines) is 1. The van der Waals surface area contributed by atoms with Gasteiger partial charge in [0.15, 0.2) is 5.78 Å². The molecule has 0 bridgehead atoms. The lowest BCUT2D eigenvalue weighted by molar-refractivity contribution is -0.137. The number of anilines is 1. The van der Waals surface area contributed by atoms with Gasteiger partial charge in [0.05, 0.1) is 5.56 Å². The first-order chi connectivity index (χ1) is 15.7. The van der Waals surface area contributed by atoms with E-state index in [9.17, 15) is 27.6 Å². The molecule has 0 saturated carbocycles. The van der Waals surface area contributed by atoms with Gasteiger partial charge in [-0.2, -0.15) is 13.2 Å². The van der Waals surface area contributed by atoms with Crippen LogP contribution >= 0.6 is 0 Å². The van der Waals surface area contributed by atoms with Gasteiger partial charge in [-0.25, -0.2) is 4.79 Å². The Hall–Kier alpha value is -3.62. The number of urea groups is 1. The van der Waals surface area contributed by atoms with Crippen molar-refractivity contribution in [3.63, 3.8) is 0 Å². The summed E-state index contributed by atoms with van der Waals surface area (Å²) >= 11 is 0. The highest BCUT2D eigenvalue weighted by atomic mass is 19.4. The van der Waals surface area contributed by atoms with Crippen LogP contribution in [0.5, 0.6) is 0 Å². The topological polar surface area (TPSA) is 69.7 Å². The number of nitrogens with zero attached hydrogens (tertiary/aromatic N) is 2. The van der Waals surface area contributed by atoms with E-state index in [1.807, 2.05) is 24.3 Å². The molecule has 3 amide bonds. The van der Waals surface area contributed by atoms with Gasteiger partial charge >= 0.3 is 12.2 Å². The quantitative estimate of drug-likeness (QED) is 0.544. The smallest absolute Gasteiger partial charge is 0.339 e. The van der Waals surface area contributed by atoms with E-state index in [2.05, 4.69) is 5.32 Å². The molecule has 2 aliphatic heterocycles. The number of nitrogens with one attached hydrogen (secondary N) is 1. The van der Waals surface area contributed by atoms with Crippen LogP contribution < -0.4 is 5.32 Å². The summed E-state index contributed by atoms with van der Waals surface area (Å²) in [6, 6.07) is 11.3. The van der Waals surface area contributed by atoms with Crippen molar-refractivity contribution in [2.45, 2.75) is 31.6 Å². The number of para-hydroxylation sites is 1. The molecule has 2 aromatic carbocycles. The molecule has 1 fully saturated rings. The number of benzene rings is 2. The Morgan fingerprint density at radius 2 is 1.64 bits per heavy atom. The van der Waals surface area contributed by atoms with Gasteiger partial charge in [0.2, 0.25) is 5.91 Å². The number of alkyl halides is 3. The molecule has 0 unspecified atom stereocenters. The van der Waals surface area contributed by atoms with E-state index in [0.29, 0.717) is 32.5 Å². The van der Waals surface area contributed by atoms with Crippen LogP contribution in [0.4, 0.5) is 23.7 Å². The van der Waals surface area contributed by atoms with Crippen molar-refractivity contribution < 1.29 is 27.6 Å². The van der Waals surface area contributed by atoms with Crippen molar-refractivity contribution in [3.8, 4) is 0 Å². The van der Waals surface area contributed by atoms with Crippen LogP contribution in [0.15, 0.2) is 60.7 Å². The standard InChI is InChI=1S/C24H22F3N3O3/c25-24(26,27)18-7-5-16(6-8-18)21(31)9-10-22(32)29-13-11-19(12-14-29)30-15-17-3-1-2-4-20(17)28-23(30)33/h1-10,19H,11-15H2,(H,28,33). The maximum atomic E-state index is 12.6. The molecule has 0 spiro atoms. The number of halogens is 3. The highest BCUT2D eigenvalue weighted by molar-refractivity contribution is 6.07. The van der Waals surface area contributed by atoms with Gasteiger partial charge < -0.3 is 15.1 Å². The average molecular weight is 457 g/mol. The molecular weight excluding hydrogens is 435 g/mol. The summed E-state index contributed by atoms with van der Waals surface area (Å²) < 4.78 is 37.9. The van der Waals surface area contributed by atoms with Crippen molar-refractivity contribution in [2.75, 3.05) is 18.4 Å². The molecule has 33 heavy (non-hydrogen) atoms. The van der Waals surface area contributed by atoms with Crippen molar-refractivity contribution >= 4 is 23.4 Å². The second-order valence-corrected chi connectivity index (χ2v) is 8.04. The zero-order chi connectivity index (χ0) is 23.6. The number of hydrogen-bond acceptors (Lipinski definition) is 3. The molecule has 1 saturated heterocycles. The third-order valence-electron chi connectivity index (χ3n) is 5.95. The van der Waals surface area contributed by atoms with Crippen LogP contribution in [0.25, 0.3) is 0 Å². The zero-order valence-electron chi connectivity index (χ0n) is 17.6. The average Bonchev–Trinajstić information content (AvgIpc) is 2.81. The molecule has 2 aliphatic rings. The van der Waals surface area contributed by atoms with Gasteiger partial charge in [-0.1, -0.05) is 30.3 Å². The van der Waals surface area contributed by atoms with Crippen LogP contribution in [-0.2, 0) is 17.5 Å². The molecule has 2 heterocycles. The highest BCUT2D eigenvalue weighted by Gasteiger charge is 2.32. The third-order valence-corrected chi connectivity index (χ3v) is 5.95. The number of piperidine rings is 1. The van der Waals surface area contributed by atoms with Gasteiger partial charge in [-0.3, -0.25) is 9.59 Å². The van der Waals surface area contributed by atoms with E-state index >= 15 is 0 Å². The Labute approximate surface area is 188 Å².